The normalized spacial score (nSPS) is 20.3. The molecule has 1 aliphatic heterocycles. The minimum atomic E-state index is -4.53. The molecular weight excluding hydrogens is 309 g/mol. The zero-order valence-corrected chi connectivity index (χ0v) is 13.6. The second-order valence-corrected chi connectivity index (χ2v) is 6.11. The zero-order chi connectivity index (χ0) is 17.2. The number of rotatable bonds is 4. The molecule has 0 aromatic carbocycles. The highest BCUT2D eigenvalue weighted by atomic mass is 19.4. The van der Waals surface area contributed by atoms with Crippen molar-refractivity contribution in [1.82, 2.24) is 19.7 Å². The molecule has 1 aromatic heterocycles. The Hall–Kier alpha value is -1.54. The van der Waals surface area contributed by atoms with Crippen LogP contribution in [0.1, 0.15) is 18.5 Å². The van der Waals surface area contributed by atoms with Gasteiger partial charge in [0.15, 0.2) is 6.04 Å². The predicted molar refractivity (Wildman–Crippen MR) is 80.9 cm³/mol. The summed E-state index contributed by atoms with van der Waals surface area (Å²) in [7, 11) is 3.63. The van der Waals surface area contributed by atoms with E-state index in [0.29, 0.717) is 13.1 Å². The van der Waals surface area contributed by atoms with Crippen molar-refractivity contribution in [3.05, 3.63) is 24.0 Å². The van der Waals surface area contributed by atoms with Crippen LogP contribution in [0.25, 0.3) is 0 Å². The fraction of sp³-hybridized carbons (Fsp3) is 0.667. The van der Waals surface area contributed by atoms with Crippen LogP contribution in [-0.2, 0) is 11.8 Å². The van der Waals surface area contributed by atoms with Gasteiger partial charge in [0.2, 0.25) is 5.91 Å². The molecule has 0 aliphatic carbocycles. The lowest BCUT2D eigenvalue weighted by molar-refractivity contribution is -0.165. The van der Waals surface area contributed by atoms with Crippen LogP contribution in [-0.4, -0.2) is 65.7 Å². The number of carbonyl (C=O) groups excluding carboxylic acids is 1. The van der Waals surface area contributed by atoms with Gasteiger partial charge in [0.1, 0.15) is 0 Å². The zero-order valence-electron chi connectivity index (χ0n) is 13.6. The molecule has 1 saturated heterocycles. The van der Waals surface area contributed by atoms with Gasteiger partial charge in [-0.15, -0.1) is 0 Å². The maximum absolute atomic E-state index is 13.3. The molecule has 1 aliphatic rings. The maximum Gasteiger partial charge on any atom is 0.412 e. The Morgan fingerprint density at radius 2 is 1.83 bits per heavy atom. The van der Waals surface area contributed by atoms with E-state index < -0.39 is 24.2 Å². The molecule has 1 aromatic rings. The fourth-order valence-corrected chi connectivity index (χ4v) is 2.69. The third kappa shape index (κ3) is 4.48. The maximum atomic E-state index is 13.3. The van der Waals surface area contributed by atoms with Crippen LogP contribution in [0.4, 0.5) is 13.2 Å². The van der Waals surface area contributed by atoms with Crippen molar-refractivity contribution in [3.63, 3.8) is 0 Å². The van der Waals surface area contributed by atoms with Gasteiger partial charge in [-0.25, -0.2) is 0 Å². The molecule has 0 unspecified atom stereocenters. The lowest BCUT2D eigenvalue weighted by Gasteiger charge is -2.36. The molecule has 8 heteroatoms. The molecule has 0 radical (unpaired) electrons. The van der Waals surface area contributed by atoms with Gasteiger partial charge in [0, 0.05) is 51.2 Å². The average molecular weight is 332 g/mol. The van der Waals surface area contributed by atoms with Crippen molar-refractivity contribution in [2.75, 3.05) is 33.2 Å². The van der Waals surface area contributed by atoms with Crippen molar-refractivity contribution in [1.29, 1.82) is 0 Å². The Morgan fingerprint density at radius 1 is 1.22 bits per heavy atom. The summed E-state index contributed by atoms with van der Waals surface area (Å²) in [6.07, 6.45) is -1.62. The lowest BCUT2D eigenvalue weighted by Crippen LogP contribution is -2.54. The van der Waals surface area contributed by atoms with Gasteiger partial charge in [0.05, 0.1) is 6.04 Å². The number of aryl methyl sites for hydroxylation is 1. The Bertz CT molecular complexity index is 535. The van der Waals surface area contributed by atoms with E-state index in [9.17, 15) is 18.0 Å². The third-order valence-electron chi connectivity index (χ3n) is 4.27. The SMILES string of the molecule is C[C@H](C(=O)N[C@H](c1ccn(C)c1)C(F)(F)F)N1CCN(C)CC1. The number of halogens is 3. The number of likely N-dealkylation sites (N-methyl/N-ethyl adjacent to an activating group) is 1. The van der Waals surface area contributed by atoms with Crippen LogP contribution in [0, 0.1) is 0 Å². The minimum Gasteiger partial charge on any atom is -0.357 e. The lowest BCUT2D eigenvalue weighted by atomic mass is 10.1. The molecular formula is C15H23F3N4O. The summed E-state index contributed by atoms with van der Waals surface area (Å²) in [4.78, 5) is 16.3. The van der Waals surface area contributed by atoms with E-state index in [1.54, 1.807) is 14.0 Å². The second-order valence-electron chi connectivity index (χ2n) is 6.11. The van der Waals surface area contributed by atoms with E-state index in [-0.39, 0.29) is 5.56 Å². The number of piperazine rings is 1. The summed E-state index contributed by atoms with van der Waals surface area (Å²) in [5.41, 5.74) is 0.0407. The first-order chi connectivity index (χ1) is 10.7. The van der Waals surface area contributed by atoms with Crippen LogP contribution in [0.5, 0.6) is 0 Å². The minimum absolute atomic E-state index is 0.0407. The molecule has 0 saturated carbocycles. The Labute approximate surface area is 134 Å². The summed E-state index contributed by atoms with van der Waals surface area (Å²) < 4.78 is 41.4. The summed E-state index contributed by atoms with van der Waals surface area (Å²) in [5, 5.41) is 2.16. The van der Waals surface area contributed by atoms with E-state index in [0.717, 1.165) is 13.1 Å². The monoisotopic (exact) mass is 332 g/mol. The first-order valence-electron chi connectivity index (χ1n) is 7.60. The number of nitrogens with zero attached hydrogens (tertiary/aromatic N) is 3. The molecule has 2 heterocycles. The standard InChI is InChI=1S/C15H23F3N4O/c1-11(22-8-6-20(2)7-9-22)14(23)19-13(15(16,17)18)12-4-5-21(3)10-12/h4-5,10-11,13H,6-9H2,1-3H3,(H,19,23)/t11-,13-/m1/s1. The Kier molecular flexibility index (Phi) is 5.36. The quantitative estimate of drug-likeness (QED) is 0.906. The highest BCUT2D eigenvalue weighted by Crippen LogP contribution is 2.33. The van der Waals surface area contributed by atoms with Gasteiger partial charge in [0.25, 0.3) is 0 Å². The molecule has 1 N–H and O–H groups in total. The Morgan fingerprint density at radius 3 is 2.30 bits per heavy atom. The number of hydrogen-bond acceptors (Lipinski definition) is 3. The highest BCUT2D eigenvalue weighted by molar-refractivity contribution is 5.81. The molecule has 130 valence electrons. The van der Waals surface area contributed by atoms with Crippen molar-refractivity contribution in [3.8, 4) is 0 Å². The van der Waals surface area contributed by atoms with Gasteiger partial charge >= 0.3 is 6.18 Å². The number of nitrogens with one attached hydrogen (secondary N) is 1. The van der Waals surface area contributed by atoms with E-state index in [1.165, 1.54) is 23.0 Å². The molecule has 23 heavy (non-hydrogen) atoms. The smallest absolute Gasteiger partial charge is 0.357 e. The largest absolute Gasteiger partial charge is 0.412 e. The van der Waals surface area contributed by atoms with Crippen molar-refractivity contribution in [2.24, 2.45) is 7.05 Å². The summed E-state index contributed by atoms with van der Waals surface area (Å²) in [5.74, 6) is -0.597. The molecule has 2 atom stereocenters. The van der Waals surface area contributed by atoms with Crippen molar-refractivity contribution in [2.45, 2.75) is 25.2 Å². The van der Waals surface area contributed by atoms with Crippen LogP contribution >= 0.6 is 0 Å². The van der Waals surface area contributed by atoms with E-state index in [2.05, 4.69) is 10.2 Å². The molecule has 1 fully saturated rings. The van der Waals surface area contributed by atoms with Gasteiger partial charge in [-0.2, -0.15) is 13.2 Å². The number of carbonyl (C=O) groups is 1. The van der Waals surface area contributed by atoms with Gasteiger partial charge in [-0.1, -0.05) is 0 Å². The molecule has 0 spiro atoms. The summed E-state index contributed by atoms with van der Waals surface area (Å²) >= 11 is 0. The fourth-order valence-electron chi connectivity index (χ4n) is 2.69. The summed E-state index contributed by atoms with van der Waals surface area (Å²) in [6, 6.07) is -1.19. The van der Waals surface area contributed by atoms with Crippen molar-refractivity contribution < 1.29 is 18.0 Å². The number of amides is 1. The van der Waals surface area contributed by atoms with Crippen LogP contribution in [0.2, 0.25) is 0 Å². The van der Waals surface area contributed by atoms with Crippen LogP contribution in [0.15, 0.2) is 18.5 Å². The van der Waals surface area contributed by atoms with Crippen LogP contribution in [0.3, 0.4) is 0 Å². The molecule has 0 bridgehead atoms. The molecule has 5 nitrogen and oxygen atoms in total. The van der Waals surface area contributed by atoms with E-state index >= 15 is 0 Å². The first-order valence-corrected chi connectivity index (χ1v) is 7.60. The summed E-state index contributed by atoms with van der Waals surface area (Å²) in [6.45, 7) is 4.61. The average Bonchev–Trinajstić information content (AvgIpc) is 2.89. The van der Waals surface area contributed by atoms with E-state index in [4.69, 9.17) is 0 Å². The van der Waals surface area contributed by atoms with Gasteiger partial charge in [-0.05, 0) is 20.0 Å². The van der Waals surface area contributed by atoms with Gasteiger partial charge in [-0.3, -0.25) is 9.69 Å². The molecule has 1 amide bonds. The second kappa shape index (κ2) is 6.92. The number of alkyl halides is 3. The molecule has 2 rings (SSSR count). The van der Waals surface area contributed by atoms with Gasteiger partial charge < -0.3 is 14.8 Å². The number of aromatic nitrogens is 1. The topological polar surface area (TPSA) is 40.5 Å². The first kappa shape index (κ1) is 17.8. The number of hydrogen-bond donors (Lipinski definition) is 1. The highest BCUT2D eigenvalue weighted by Gasteiger charge is 2.43. The predicted octanol–water partition coefficient (Wildman–Crippen LogP) is 1.38. The van der Waals surface area contributed by atoms with Crippen molar-refractivity contribution >= 4 is 5.91 Å². The van der Waals surface area contributed by atoms with Crippen LogP contribution < -0.4 is 5.32 Å². The third-order valence-corrected chi connectivity index (χ3v) is 4.27. The van der Waals surface area contributed by atoms with E-state index in [1.807, 2.05) is 11.9 Å². The Balaban J connectivity index is 2.05.